The van der Waals surface area contributed by atoms with Gasteiger partial charge in [-0.1, -0.05) is 78.9 Å². The maximum Gasteiger partial charge on any atom is 0.160 e. The van der Waals surface area contributed by atoms with Gasteiger partial charge in [0.15, 0.2) is 5.78 Å². The maximum atomic E-state index is 15.5. The maximum absolute atomic E-state index is 15.5. The van der Waals surface area contributed by atoms with E-state index in [0.717, 1.165) is 63.5 Å². The molecule has 10 aliphatic rings. The molecule has 6 fully saturated rings. The summed E-state index contributed by atoms with van der Waals surface area (Å²) in [5, 5.41) is 103. The van der Waals surface area contributed by atoms with Crippen molar-refractivity contribution in [2.24, 2.45) is 57.2 Å². The van der Waals surface area contributed by atoms with Crippen LogP contribution >= 0.6 is 0 Å². The van der Waals surface area contributed by atoms with E-state index in [1.165, 1.54) is 6.07 Å². The van der Waals surface area contributed by atoms with Crippen LogP contribution < -0.4 is 5.32 Å². The second-order valence-electron chi connectivity index (χ2n) is 23.9. The summed E-state index contributed by atoms with van der Waals surface area (Å²) in [5.41, 5.74) is -6.50. The van der Waals surface area contributed by atoms with E-state index in [1.54, 1.807) is 12.1 Å². The molecular weight excluding hydrogens is 811 g/mol. The van der Waals surface area contributed by atoms with Crippen LogP contribution in [0.5, 0.6) is 11.5 Å². The van der Waals surface area contributed by atoms with E-state index in [1.807, 2.05) is 0 Å². The standard InChI is InChI=1S/C53H77NO10/c1-7-9-10-11-30-12-16-49(23-30)28-48(6)44-39(64-53(51(44,62)18-19-55)35-14-15-46(4,29(3)45(53)60)24-31(35)27-54-8-2)25-52(48,63)36-22-38(58)42-41-34-20-32(56)21-37(57)33(34)13-17-50(41,61)40(59)26-47(42,5)43(36)49/h20-22,24,29-30,35,39-45,54-57,59-63H,7-19,23,25-28H2,1-6H3. The lowest BCUT2D eigenvalue weighted by atomic mass is 9.36. The molecule has 0 aromatic heterocycles. The monoisotopic (exact) mass is 888 g/mol. The van der Waals surface area contributed by atoms with E-state index in [-0.39, 0.29) is 79.2 Å². The largest absolute Gasteiger partial charge is 0.508 e. The van der Waals surface area contributed by atoms with Gasteiger partial charge in [-0.05, 0) is 127 Å². The summed E-state index contributed by atoms with van der Waals surface area (Å²) in [4.78, 5) is 15.5. The molecule has 1 aliphatic heterocycles. The van der Waals surface area contributed by atoms with Crippen molar-refractivity contribution in [3.8, 4) is 11.5 Å². The highest BCUT2D eigenvalue weighted by Crippen LogP contribution is 2.80. The Morgan fingerprint density at radius 2 is 1.70 bits per heavy atom. The highest BCUT2D eigenvalue weighted by Gasteiger charge is 2.84. The first-order chi connectivity index (χ1) is 30.2. The van der Waals surface area contributed by atoms with E-state index in [2.05, 4.69) is 52.9 Å². The first-order valence-electron chi connectivity index (χ1n) is 25.2. The van der Waals surface area contributed by atoms with Gasteiger partial charge in [0.25, 0.3) is 0 Å². The zero-order chi connectivity index (χ0) is 45.8. The number of unbranched alkanes of at least 4 members (excludes halogenated alkanes) is 2. The molecule has 64 heavy (non-hydrogen) atoms. The van der Waals surface area contributed by atoms with Crippen LogP contribution in [0.1, 0.15) is 148 Å². The van der Waals surface area contributed by atoms with Crippen LogP contribution in [0, 0.1) is 57.2 Å². The summed E-state index contributed by atoms with van der Waals surface area (Å²) in [6, 6.07) is 2.85. The minimum Gasteiger partial charge on any atom is -0.508 e. The van der Waals surface area contributed by atoms with E-state index >= 15 is 4.79 Å². The molecule has 1 aromatic rings. The lowest BCUT2D eigenvalue weighted by Crippen LogP contribution is -2.72. The number of carbonyl (C=O) groups excluding carboxylic acids is 1. The molecule has 18 atom stereocenters. The van der Waals surface area contributed by atoms with Crippen LogP contribution in [-0.2, 0) is 16.0 Å². The average molecular weight is 888 g/mol. The molecule has 1 aromatic carbocycles. The van der Waals surface area contributed by atoms with Crippen molar-refractivity contribution >= 4 is 5.78 Å². The first kappa shape index (κ1) is 45.4. The quantitative estimate of drug-likeness (QED) is 0.102. The predicted octanol–water partition coefficient (Wildman–Crippen LogP) is 6.11. The van der Waals surface area contributed by atoms with Gasteiger partial charge in [0, 0.05) is 61.1 Å². The number of aliphatic hydroxyl groups is 6. The third-order valence-corrected chi connectivity index (χ3v) is 21.0. The number of allylic oxidation sites excluding steroid dienone is 2. The third-order valence-electron chi connectivity index (χ3n) is 21.0. The highest BCUT2D eigenvalue weighted by molar-refractivity contribution is 5.96. The number of likely N-dealkylation sites (N-methyl/N-ethyl adjacent to an activating group) is 1. The van der Waals surface area contributed by atoms with Crippen molar-refractivity contribution in [1.29, 1.82) is 0 Å². The van der Waals surface area contributed by atoms with Gasteiger partial charge in [-0.25, -0.2) is 0 Å². The number of hydrogen-bond donors (Lipinski definition) is 9. The van der Waals surface area contributed by atoms with Gasteiger partial charge in [0.2, 0.25) is 0 Å². The van der Waals surface area contributed by atoms with Crippen molar-refractivity contribution in [2.45, 2.75) is 184 Å². The fourth-order valence-corrected chi connectivity index (χ4v) is 18.5. The fraction of sp³-hybridized carbons (Fsp3) is 0.792. The van der Waals surface area contributed by atoms with Crippen molar-refractivity contribution in [3.05, 3.63) is 46.6 Å². The lowest BCUT2D eigenvalue weighted by Gasteiger charge is -2.69. The molecule has 1 heterocycles. The normalized spacial score (nSPS) is 50.9. The van der Waals surface area contributed by atoms with Gasteiger partial charge in [-0.2, -0.15) is 0 Å². The Morgan fingerprint density at radius 1 is 0.938 bits per heavy atom. The molecule has 1 saturated heterocycles. The van der Waals surface area contributed by atoms with E-state index < -0.39 is 74.7 Å². The summed E-state index contributed by atoms with van der Waals surface area (Å²) < 4.78 is 7.52. The number of hydrogen-bond acceptors (Lipinski definition) is 11. The zero-order valence-corrected chi connectivity index (χ0v) is 39.2. The minimum absolute atomic E-state index is 0.0370. The number of ether oxygens (including phenoxy) is 1. The number of rotatable bonds is 9. The Kier molecular flexibility index (Phi) is 10.5. The van der Waals surface area contributed by atoms with Gasteiger partial charge < -0.3 is 50.9 Å². The van der Waals surface area contributed by atoms with Gasteiger partial charge in [0.1, 0.15) is 22.7 Å². The highest BCUT2D eigenvalue weighted by atomic mass is 16.6. The van der Waals surface area contributed by atoms with Crippen molar-refractivity contribution in [1.82, 2.24) is 5.32 Å². The van der Waals surface area contributed by atoms with Crippen molar-refractivity contribution in [2.75, 3.05) is 19.7 Å². The van der Waals surface area contributed by atoms with Crippen LogP contribution in [0.4, 0.5) is 0 Å². The fourth-order valence-electron chi connectivity index (χ4n) is 18.5. The average Bonchev–Trinajstić information content (AvgIpc) is 3.79. The summed E-state index contributed by atoms with van der Waals surface area (Å²) >= 11 is 0. The predicted molar refractivity (Wildman–Crippen MR) is 241 cm³/mol. The van der Waals surface area contributed by atoms with Crippen LogP contribution in [-0.4, -0.2) is 107 Å². The van der Waals surface area contributed by atoms with E-state index in [4.69, 9.17) is 4.74 Å². The van der Waals surface area contributed by atoms with E-state index in [0.29, 0.717) is 42.0 Å². The lowest BCUT2D eigenvalue weighted by molar-refractivity contribution is -0.254. The second kappa shape index (κ2) is 14.8. The molecule has 9 aliphatic carbocycles. The summed E-state index contributed by atoms with van der Waals surface area (Å²) in [6.45, 7) is 13.8. The van der Waals surface area contributed by atoms with Gasteiger partial charge in [-0.3, -0.25) is 4.79 Å². The zero-order valence-electron chi connectivity index (χ0n) is 39.2. The number of fused-ring (bicyclic) bond motifs is 14. The molecule has 11 rings (SSSR count). The number of phenols is 2. The van der Waals surface area contributed by atoms with E-state index in [9.17, 15) is 40.9 Å². The van der Waals surface area contributed by atoms with Crippen molar-refractivity contribution in [3.63, 3.8) is 0 Å². The number of aromatic hydroxyl groups is 2. The summed E-state index contributed by atoms with van der Waals surface area (Å²) in [7, 11) is 0. The van der Waals surface area contributed by atoms with Gasteiger partial charge >= 0.3 is 0 Å². The molecule has 9 N–H and O–H groups in total. The number of ketones is 1. The molecule has 18 unspecified atom stereocenters. The van der Waals surface area contributed by atoms with Crippen LogP contribution in [0.2, 0.25) is 0 Å². The Balaban J connectivity index is 1.15. The molecule has 11 nitrogen and oxygen atoms in total. The number of nitrogens with one attached hydrogen (secondary N) is 1. The van der Waals surface area contributed by atoms with Crippen LogP contribution in [0.3, 0.4) is 0 Å². The Labute approximate surface area is 379 Å². The molecular formula is C53H77NO10. The number of carbonyl (C=O) groups is 1. The molecule has 2 bridgehead atoms. The molecule has 354 valence electrons. The van der Waals surface area contributed by atoms with Crippen LogP contribution in [0.25, 0.3) is 0 Å². The smallest absolute Gasteiger partial charge is 0.160 e. The number of aliphatic hydroxyl groups excluding tert-OH is 3. The summed E-state index contributed by atoms with van der Waals surface area (Å²) in [5.74, 6) is -3.49. The number of benzene rings is 1. The molecule has 2 spiro atoms. The molecule has 0 amide bonds. The molecule has 0 radical (unpaired) electrons. The van der Waals surface area contributed by atoms with Gasteiger partial charge in [-0.15, -0.1) is 0 Å². The third kappa shape index (κ3) is 5.59. The SMILES string of the molecule is CCCCCC1CCC2(C1)CC1(C)C3C(CC1(O)C1=CC(=O)C4C5c6cc(O)cc(O)c6CCC5(O)C(O)CC4(C)C12)OC1(C2CCC(C)(C=C2CNCC)C(C)C1O)C3(O)CCO. The summed E-state index contributed by atoms with van der Waals surface area (Å²) in [6.07, 6.45) is 10.8. The van der Waals surface area contributed by atoms with Gasteiger partial charge in [0.05, 0.1) is 29.5 Å². The van der Waals surface area contributed by atoms with Crippen LogP contribution in [0.15, 0.2) is 35.4 Å². The Hall–Kier alpha value is -2.35. The number of phenolic OH excluding ortho intramolecular Hbond substituents is 2. The topological polar surface area (TPSA) is 200 Å². The Morgan fingerprint density at radius 3 is 2.42 bits per heavy atom. The molecule has 5 saturated carbocycles. The van der Waals surface area contributed by atoms with Crippen molar-refractivity contribution < 1.29 is 50.4 Å². The first-order valence-corrected chi connectivity index (χ1v) is 25.2. The molecule has 11 heteroatoms. The minimum atomic E-state index is -1.75. The Bertz CT molecular complexity index is 2140. The second-order valence-corrected chi connectivity index (χ2v) is 23.9.